The molecule has 1 N–H and O–H groups in total. The fourth-order valence-corrected chi connectivity index (χ4v) is 3.61. The molecule has 0 bridgehead atoms. The van der Waals surface area contributed by atoms with Crippen LogP contribution in [0.4, 0.5) is 5.69 Å². The molecular formula is C23H17ClN6O4. The molecule has 0 radical (unpaired) electrons. The first kappa shape index (κ1) is 21.4. The molecule has 34 heavy (non-hydrogen) atoms. The first-order valence-corrected chi connectivity index (χ1v) is 10.5. The van der Waals surface area contributed by atoms with E-state index in [0.717, 1.165) is 4.68 Å². The van der Waals surface area contributed by atoms with Crippen LogP contribution in [0.25, 0.3) is 28.5 Å². The first-order valence-electron chi connectivity index (χ1n) is 10.1. The Morgan fingerprint density at radius 2 is 2.00 bits per heavy atom. The molecule has 1 amide bonds. The molecule has 170 valence electrons. The second-order valence-electron chi connectivity index (χ2n) is 7.27. The molecule has 0 fully saturated rings. The van der Waals surface area contributed by atoms with Gasteiger partial charge in [-0.15, -0.1) is 5.10 Å². The Morgan fingerprint density at radius 3 is 2.82 bits per heavy atom. The van der Waals surface area contributed by atoms with Gasteiger partial charge in [0.2, 0.25) is 11.7 Å². The standard InChI is InChI=1S/C23H17ClN6O4/c1-33-17-8-3-7-16(12-17)25-19(31)13-30-23(32)29-10-4-9-18(21(29)27-30)22-26-20(28-34-22)14-5-2-6-15(24)11-14/h2-12H,13H2,1H3,(H,25,31). The van der Waals surface area contributed by atoms with Crippen molar-refractivity contribution in [2.24, 2.45) is 0 Å². The van der Waals surface area contributed by atoms with Gasteiger partial charge in [0.1, 0.15) is 12.3 Å². The van der Waals surface area contributed by atoms with E-state index in [1.165, 1.54) is 11.5 Å². The maximum absolute atomic E-state index is 12.8. The van der Waals surface area contributed by atoms with Gasteiger partial charge in [-0.1, -0.05) is 35.0 Å². The predicted octanol–water partition coefficient (Wildman–Crippen LogP) is 3.51. The number of amides is 1. The molecule has 11 heteroatoms. The normalized spacial score (nSPS) is 11.0. The van der Waals surface area contributed by atoms with Gasteiger partial charge < -0.3 is 14.6 Å². The van der Waals surface area contributed by atoms with Gasteiger partial charge >= 0.3 is 5.69 Å². The molecular weight excluding hydrogens is 460 g/mol. The summed E-state index contributed by atoms with van der Waals surface area (Å²) in [5.74, 6) is 0.711. The molecule has 0 aliphatic carbocycles. The van der Waals surface area contributed by atoms with Crippen molar-refractivity contribution in [2.75, 3.05) is 12.4 Å². The third kappa shape index (κ3) is 4.14. The number of hydrogen-bond donors (Lipinski definition) is 1. The van der Waals surface area contributed by atoms with Gasteiger partial charge in [-0.25, -0.2) is 13.9 Å². The molecule has 5 aromatic rings. The van der Waals surface area contributed by atoms with Crippen LogP contribution in [-0.2, 0) is 11.3 Å². The Morgan fingerprint density at radius 1 is 1.15 bits per heavy atom. The van der Waals surface area contributed by atoms with E-state index >= 15 is 0 Å². The molecule has 3 aromatic heterocycles. The van der Waals surface area contributed by atoms with E-state index < -0.39 is 11.6 Å². The molecule has 0 unspecified atom stereocenters. The lowest BCUT2D eigenvalue weighted by molar-refractivity contribution is -0.117. The number of anilines is 1. The van der Waals surface area contributed by atoms with Crippen molar-refractivity contribution in [3.05, 3.63) is 82.4 Å². The quantitative estimate of drug-likeness (QED) is 0.398. The number of carbonyl (C=O) groups excluding carboxylic acids is 1. The third-order valence-corrected chi connectivity index (χ3v) is 5.23. The SMILES string of the molecule is COc1cccc(NC(=O)Cn2nc3c(-c4nc(-c5cccc(Cl)c5)no4)cccn3c2=O)c1. The molecule has 0 spiro atoms. The highest BCUT2D eigenvalue weighted by molar-refractivity contribution is 6.30. The van der Waals surface area contributed by atoms with Gasteiger partial charge in [-0.2, -0.15) is 4.98 Å². The molecule has 10 nitrogen and oxygen atoms in total. The number of rotatable bonds is 6. The van der Waals surface area contributed by atoms with Crippen LogP contribution in [0.5, 0.6) is 5.75 Å². The van der Waals surface area contributed by atoms with Crippen molar-refractivity contribution in [1.82, 2.24) is 24.3 Å². The smallest absolute Gasteiger partial charge is 0.350 e. The van der Waals surface area contributed by atoms with Gasteiger partial charge in [-0.3, -0.25) is 4.79 Å². The topological polar surface area (TPSA) is 117 Å². The Bertz CT molecular complexity index is 1570. The Balaban J connectivity index is 1.44. The number of nitrogens with zero attached hydrogens (tertiary/aromatic N) is 5. The minimum atomic E-state index is -0.479. The predicted molar refractivity (Wildman–Crippen MR) is 125 cm³/mol. The molecule has 0 aliphatic heterocycles. The molecule has 0 aliphatic rings. The maximum atomic E-state index is 12.8. The third-order valence-electron chi connectivity index (χ3n) is 5.00. The first-order chi connectivity index (χ1) is 16.5. The summed E-state index contributed by atoms with van der Waals surface area (Å²) >= 11 is 6.05. The number of ether oxygens (including phenoxy) is 1. The average molecular weight is 477 g/mol. The lowest BCUT2D eigenvalue weighted by Gasteiger charge is -2.06. The Labute approximate surface area is 197 Å². The highest BCUT2D eigenvalue weighted by Gasteiger charge is 2.19. The summed E-state index contributed by atoms with van der Waals surface area (Å²) in [5.41, 5.74) is 1.48. The maximum Gasteiger partial charge on any atom is 0.350 e. The van der Waals surface area contributed by atoms with Crippen LogP contribution in [-0.4, -0.2) is 37.3 Å². The molecule has 0 saturated carbocycles. The number of fused-ring (bicyclic) bond motifs is 1. The highest BCUT2D eigenvalue weighted by atomic mass is 35.5. The number of hydrogen-bond acceptors (Lipinski definition) is 7. The molecule has 0 saturated heterocycles. The zero-order valence-electron chi connectivity index (χ0n) is 17.8. The van der Waals surface area contributed by atoms with Crippen LogP contribution < -0.4 is 15.7 Å². The lowest BCUT2D eigenvalue weighted by atomic mass is 10.2. The van der Waals surface area contributed by atoms with Crippen molar-refractivity contribution < 1.29 is 14.1 Å². The number of methoxy groups -OCH3 is 1. The minimum absolute atomic E-state index is 0.179. The molecule has 2 aromatic carbocycles. The van der Waals surface area contributed by atoms with Gasteiger partial charge in [0.15, 0.2) is 5.65 Å². The minimum Gasteiger partial charge on any atom is -0.497 e. The van der Waals surface area contributed by atoms with E-state index in [4.69, 9.17) is 20.9 Å². The zero-order chi connectivity index (χ0) is 23.7. The average Bonchev–Trinajstić information content (AvgIpc) is 3.45. The van der Waals surface area contributed by atoms with E-state index in [1.807, 2.05) is 0 Å². The summed E-state index contributed by atoms with van der Waals surface area (Å²) in [6, 6.07) is 17.3. The van der Waals surface area contributed by atoms with E-state index in [0.29, 0.717) is 33.4 Å². The fourth-order valence-electron chi connectivity index (χ4n) is 3.42. The highest BCUT2D eigenvalue weighted by Crippen LogP contribution is 2.26. The van der Waals surface area contributed by atoms with E-state index in [1.54, 1.807) is 66.9 Å². The van der Waals surface area contributed by atoms with E-state index in [2.05, 4.69) is 20.6 Å². The number of pyridine rings is 1. The number of carbonyl (C=O) groups is 1. The summed E-state index contributed by atoms with van der Waals surface area (Å²) in [4.78, 5) is 29.8. The van der Waals surface area contributed by atoms with E-state index in [-0.39, 0.29) is 18.1 Å². The van der Waals surface area contributed by atoms with Crippen molar-refractivity contribution in [3.63, 3.8) is 0 Å². The summed E-state index contributed by atoms with van der Waals surface area (Å²) in [6.45, 7) is -0.283. The van der Waals surface area contributed by atoms with Crippen LogP contribution >= 0.6 is 11.6 Å². The van der Waals surface area contributed by atoms with Gasteiger partial charge in [0.25, 0.3) is 5.89 Å². The second-order valence-corrected chi connectivity index (χ2v) is 7.71. The summed E-state index contributed by atoms with van der Waals surface area (Å²) in [7, 11) is 1.54. The van der Waals surface area contributed by atoms with Gasteiger partial charge in [0.05, 0.1) is 12.7 Å². The van der Waals surface area contributed by atoms with Crippen LogP contribution in [0.15, 0.2) is 76.2 Å². The molecule has 5 rings (SSSR count). The van der Waals surface area contributed by atoms with Crippen molar-refractivity contribution in [1.29, 1.82) is 0 Å². The molecule has 3 heterocycles. The number of halogens is 1. The van der Waals surface area contributed by atoms with Crippen LogP contribution in [0.2, 0.25) is 5.02 Å². The van der Waals surface area contributed by atoms with Crippen LogP contribution in [0.1, 0.15) is 0 Å². The Kier molecular flexibility index (Phi) is 5.56. The summed E-state index contributed by atoms with van der Waals surface area (Å²) in [5, 5.41) is 11.6. The van der Waals surface area contributed by atoms with Gasteiger partial charge in [0, 0.05) is 28.5 Å². The van der Waals surface area contributed by atoms with Crippen LogP contribution in [0, 0.1) is 0 Å². The van der Waals surface area contributed by atoms with E-state index in [9.17, 15) is 9.59 Å². The van der Waals surface area contributed by atoms with Crippen molar-refractivity contribution in [2.45, 2.75) is 6.54 Å². The Hall–Kier alpha value is -4.44. The lowest BCUT2D eigenvalue weighted by Crippen LogP contribution is -2.28. The number of aromatic nitrogens is 5. The summed E-state index contributed by atoms with van der Waals surface area (Å²) in [6.07, 6.45) is 1.55. The monoisotopic (exact) mass is 476 g/mol. The second kappa shape index (κ2) is 8.83. The molecule has 0 atom stereocenters. The summed E-state index contributed by atoms with van der Waals surface area (Å²) < 4.78 is 13.0. The number of benzene rings is 2. The van der Waals surface area contributed by atoms with Gasteiger partial charge in [-0.05, 0) is 36.4 Å². The largest absolute Gasteiger partial charge is 0.497 e. The van der Waals surface area contributed by atoms with Crippen molar-refractivity contribution in [3.8, 4) is 28.6 Å². The van der Waals surface area contributed by atoms with Crippen LogP contribution in [0.3, 0.4) is 0 Å². The zero-order valence-corrected chi connectivity index (χ0v) is 18.6. The fraction of sp³-hybridized carbons (Fsp3) is 0.0870. The number of nitrogens with one attached hydrogen (secondary N) is 1. The van der Waals surface area contributed by atoms with Crippen molar-refractivity contribution >= 4 is 28.8 Å².